The number of carbonyl (C=O) groups is 1. The predicted molar refractivity (Wildman–Crippen MR) is 128 cm³/mol. The van der Waals surface area contributed by atoms with Crippen molar-refractivity contribution in [2.45, 2.75) is 45.4 Å². The van der Waals surface area contributed by atoms with E-state index >= 15 is 0 Å². The van der Waals surface area contributed by atoms with Gasteiger partial charge in [-0.3, -0.25) is 4.79 Å². The summed E-state index contributed by atoms with van der Waals surface area (Å²) in [5.41, 5.74) is 2.88. The van der Waals surface area contributed by atoms with E-state index in [-0.39, 0.29) is 24.2 Å². The van der Waals surface area contributed by atoms with E-state index in [1.165, 1.54) is 5.56 Å². The quantitative estimate of drug-likeness (QED) is 0.544. The van der Waals surface area contributed by atoms with Crippen LogP contribution in [0.3, 0.4) is 0 Å². The number of aromatic nitrogens is 1. The lowest BCUT2D eigenvalue weighted by Crippen LogP contribution is -2.28. The van der Waals surface area contributed by atoms with Crippen molar-refractivity contribution in [3.63, 3.8) is 0 Å². The van der Waals surface area contributed by atoms with E-state index in [1.54, 1.807) is 12.3 Å². The van der Waals surface area contributed by atoms with E-state index in [0.717, 1.165) is 44.3 Å². The van der Waals surface area contributed by atoms with Gasteiger partial charge < -0.3 is 15.5 Å². The summed E-state index contributed by atoms with van der Waals surface area (Å²) in [6, 6.07) is 10.0. The third-order valence-electron chi connectivity index (χ3n) is 6.12. The van der Waals surface area contributed by atoms with Crippen molar-refractivity contribution in [1.82, 2.24) is 10.3 Å². The molecular weight excluding hydrogens is 403 g/mol. The van der Waals surface area contributed by atoms with Crippen molar-refractivity contribution < 1.29 is 9.18 Å². The van der Waals surface area contributed by atoms with Gasteiger partial charge in [0.25, 0.3) is 0 Å². The number of pyridine rings is 1. The number of hydrogen-bond donors (Lipinski definition) is 2. The van der Waals surface area contributed by atoms with Crippen LogP contribution >= 0.6 is 0 Å². The smallest absolute Gasteiger partial charge is 0.228 e. The Morgan fingerprint density at radius 1 is 1.34 bits per heavy atom. The Balaban J connectivity index is 1.52. The number of nitrogens with zero attached hydrogens (tertiary/aromatic N) is 2. The van der Waals surface area contributed by atoms with Gasteiger partial charge in [0, 0.05) is 25.8 Å². The van der Waals surface area contributed by atoms with E-state index in [4.69, 9.17) is 6.42 Å². The molecule has 2 N–H and O–H groups in total. The number of hydrogen-bond acceptors (Lipinski definition) is 4. The zero-order chi connectivity index (χ0) is 22.9. The lowest BCUT2D eigenvalue weighted by atomic mass is 9.95. The molecule has 0 aliphatic carbocycles. The molecule has 2 aromatic rings. The van der Waals surface area contributed by atoms with Crippen LogP contribution in [0.4, 0.5) is 15.9 Å². The fraction of sp³-hybridized carbons (Fsp3) is 0.462. The van der Waals surface area contributed by atoms with Crippen LogP contribution in [0.5, 0.6) is 0 Å². The predicted octanol–water partition coefficient (Wildman–Crippen LogP) is 4.35. The molecule has 2 atom stereocenters. The fourth-order valence-electron chi connectivity index (χ4n) is 4.12. The van der Waals surface area contributed by atoms with Crippen LogP contribution in [0, 0.1) is 24.1 Å². The Kier molecular flexibility index (Phi) is 8.49. The molecule has 3 rings (SSSR count). The van der Waals surface area contributed by atoms with Gasteiger partial charge >= 0.3 is 0 Å². The molecule has 5 nitrogen and oxygen atoms in total. The summed E-state index contributed by atoms with van der Waals surface area (Å²) < 4.78 is 14.8. The van der Waals surface area contributed by atoms with E-state index in [2.05, 4.69) is 38.6 Å². The third kappa shape index (κ3) is 6.00. The van der Waals surface area contributed by atoms with Gasteiger partial charge in [0.2, 0.25) is 5.91 Å². The Bertz CT molecular complexity index is 938. The average Bonchev–Trinajstić information content (AvgIpc) is 3.29. The van der Waals surface area contributed by atoms with Crippen LogP contribution < -0.4 is 15.5 Å². The Morgan fingerprint density at radius 3 is 2.84 bits per heavy atom. The molecule has 2 heterocycles. The topological polar surface area (TPSA) is 57.3 Å². The normalized spacial score (nSPS) is 16.4. The van der Waals surface area contributed by atoms with Crippen molar-refractivity contribution in [1.29, 1.82) is 0 Å². The summed E-state index contributed by atoms with van der Waals surface area (Å²) in [5.74, 6) is 2.76. The maximum atomic E-state index is 14.8. The summed E-state index contributed by atoms with van der Waals surface area (Å²) in [6.45, 7) is 6.62. The molecule has 1 saturated heterocycles. The monoisotopic (exact) mass is 436 g/mol. The van der Waals surface area contributed by atoms with E-state index < -0.39 is 0 Å². The first kappa shape index (κ1) is 23.6. The van der Waals surface area contributed by atoms with Crippen LogP contribution in [0.2, 0.25) is 0 Å². The van der Waals surface area contributed by atoms with Crippen molar-refractivity contribution in [2.75, 3.05) is 36.4 Å². The number of aryl methyl sites for hydroxylation is 1. The molecule has 6 heteroatoms. The maximum absolute atomic E-state index is 14.8. The fourth-order valence-corrected chi connectivity index (χ4v) is 4.12. The number of halogens is 1. The zero-order valence-electron chi connectivity index (χ0n) is 19.0. The second-order valence-electron chi connectivity index (χ2n) is 8.44. The first-order chi connectivity index (χ1) is 15.5. The van der Waals surface area contributed by atoms with Gasteiger partial charge in [-0.05, 0) is 55.7 Å². The average molecular weight is 437 g/mol. The van der Waals surface area contributed by atoms with Crippen molar-refractivity contribution in [2.24, 2.45) is 5.92 Å². The standard InChI is InChI=1S/C26H33FN4O/c1-4-14-28-25-24(27)23(12-16-29-25)31-17-13-21(18-31)7-6-20-8-10-22(11-9-20)19(3)26(32)30-15-5-2/h2,8-12,16,19,21H,4,6-7,13-15,17-18H2,1,3H3,(H,28,29)(H,30,32)/t19?,21-/m1/s1. The highest BCUT2D eigenvalue weighted by Gasteiger charge is 2.25. The molecule has 1 aromatic carbocycles. The molecule has 1 aliphatic rings. The minimum Gasteiger partial charge on any atom is -0.369 e. The van der Waals surface area contributed by atoms with Gasteiger partial charge in [-0.1, -0.05) is 37.1 Å². The molecule has 0 radical (unpaired) electrons. The summed E-state index contributed by atoms with van der Waals surface area (Å²) >= 11 is 0. The Morgan fingerprint density at radius 2 is 2.12 bits per heavy atom. The van der Waals surface area contributed by atoms with E-state index in [1.807, 2.05) is 26.0 Å². The van der Waals surface area contributed by atoms with E-state index in [9.17, 15) is 9.18 Å². The second-order valence-corrected chi connectivity index (χ2v) is 8.44. The molecule has 32 heavy (non-hydrogen) atoms. The number of anilines is 2. The van der Waals surface area contributed by atoms with Crippen molar-refractivity contribution in [3.8, 4) is 12.3 Å². The highest BCUT2D eigenvalue weighted by molar-refractivity contribution is 5.83. The highest BCUT2D eigenvalue weighted by atomic mass is 19.1. The minimum absolute atomic E-state index is 0.0573. The second kappa shape index (κ2) is 11.5. The molecule has 0 saturated carbocycles. The van der Waals surface area contributed by atoms with Gasteiger partial charge in [-0.25, -0.2) is 9.37 Å². The summed E-state index contributed by atoms with van der Waals surface area (Å²) in [5, 5.41) is 5.80. The van der Waals surface area contributed by atoms with Gasteiger partial charge in [0.05, 0.1) is 18.2 Å². The highest BCUT2D eigenvalue weighted by Crippen LogP contribution is 2.30. The number of amides is 1. The maximum Gasteiger partial charge on any atom is 0.228 e. The van der Waals surface area contributed by atoms with Crippen LogP contribution in [0.15, 0.2) is 36.5 Å². The van der Waals surface area contributed by atoms with Gasteiger partial charge in [-0.2, -0.15) is 0 Å². The van der Waals surface area contributed by atoms with Crippen LogP contribution in [-0.2, 0) is 11.2 Å². The molecule has 0 bridgehead atoms. The number of benzene rings is 1. The first-order valence-corrected chi connectivity index (χ1v) is 11.5. The SMILES string of the molecule is C#CCNC(=O)C(C)c1ccc(CC[C@@H]2CCN(c3ccnc(NCCC)c3F)C2)cc1. The van der Waals surface area contributed by atoms with E-state index in [0.29, 0.717) is 24.0 Å². The lowest BCUT2D eigenvalue weighted by molar-refractivity contribution is -0.121. The summed E-state index contributed by atoms with van der Waals surface area (Å²) in [6.07, 6.45) is 10.9. The molecule has 1 aliphatic heterocycles. The van der Waals surface area contributed by atoms with Crippen molar-refractivity contribution in [3.05, 3.63) is 53.5 Å². The number of carbonyl (C=O) groups excluding carboxylic acids is 1. The van der Waals surface area contributed by atoms with Crippen molar-refractivity contribution >= 4 is 17.4 Å². The number of rotatable bonds is 10. The molecule has 0 spiro atoms. The number of terminal acetylenes is 1. The molecule has 1 unspecified atom stereocenters. The van der Waals surface area contributed by atoms with Gasteiger partial charge in [0.15, 0.2) is 11.6 Å². The van der Waals surface area contributed by atoms with Crippen LogP contribution in [0.1, 0.15) is 50.2 Å². The molecule has 1 fully saturated rings. The molecule has 170 valence electrons. The van der Waals surface area contributed by atoms with Gasteiger partial charge in [-0.15, -0.1) is 6.42 Å². The molecular formula is C26H33FN4O. The lowest BCUT2D eigenvalue weighted by Gasteiger charge is -2.20. The molecule has 1 amide bonds. The van der Waals surface area contributed by atoms with Crippen LogP contribution in [-0.4, -0.2) is 37.1 Å². The summed E-state index contributed by atoms with van der Waals surface area (Å²) in [4.78, 5) is 18.4. The largest absolute Gasteiger partial charge is 0.369 e. The Hall–Kier alpha value is -3.07. The third-order valence-corrected chi connectivity index (χ3v) is 6.12. The van der Waals surface area contributed by atoms with Gasteiger partial charge in [0.1, 0.15) is 0 Å². The minimum atomic E-state index is -0.252. The Labute approximate surface area is 190 Å². The first-order valence-electron chi connectivity index (χ1n) is 11.5. The molecule has 1 aromatic heterocycles. The number of nitrogens with one attached hydrogen (secondary N) is 2. The van der Waals surface area contributed by atoms with Crippen LogP contribution in [0.25, 0.3) is 0 Å². The zero-order valence-corrected chi connectivity index (χ0v) is 19.0. The summed E-state index contributed by atoms with van der Waals surface area (Å²) in [7, 11) is 0.